The van der Waals surface area contributed by atoms with Crippen LogP contribution in [0.3, 0.4) is 0 Å². The minimum atomic E-state index is -1.02. The Bertz CT molecular complexity index is 484. The summed E-state index contributed by atoms with van der Waals surface area (Å²) >= 11 is 0. The molecule has 0 aliphatic carbocycles. The van der Waals surface area contributed by atoms with E-state index < -0.39 is 11.8 Å². The molecule has 7 nitrogen and oxygen atoms in total. The standard InChI is InChI=1S/C11H12N4O3/c12-10(16)11(17)13-7-8(9-3-1-6-18-9)15-5-2-4-14-15/h1-6,8H,7H2,(H2,12,16)(H,13,17). The van der Waals surface area contributed by atoms with Crippen molar-refractivity contribution in [2.45, 2.75) is 6.04 Å². The van der Waals surface area contributed by atoms with Crippen LogP contribution in [0.15, 0.2) is 41.3 Å². The van der Waals surface area contributed by atoms with Crippen molar-refractivity contribution in [3.63, 3.8) is 0 Å². The maximum Gasteiger partial charge on any atom is 0.309 e. The summed E-state index contributed by atoms with van der Waals surface area (Å²) in [7, 11) is 0. The van der Waals surface area contributed by atoms with Crippen LogP contribution < -0.4 is 11.1 Å². The van der Waals surface area contributed by atoms with Crippen LogP contribution in [0.25, 0.3) is 0 Å². The first-order valence-corrected chi connectivity index (χ1v) is 5.28. The first kappa shape index (κ1) is 11.9. The number of carbonyl (C=O) groups excluding carboxylic acids is 2. The van der Waals surface area contributed by atoms with Gasteiger partial charge in [0.15, 0.2) is 0 Å². The molecule has 2 rings (SSSR count). The van der Waals surface area contributed by atoms with E-state index in [1.165, 1.54) is 6.26 Å². The fraction of sp³-hybridized carbons (Fsp3) is 0.182. The molecule has 2 heterocycles. The van der Waals surface area contributed by atoms with Crippen LogP contribution in [0, 0.1) is 0 Å². The normalized spacial score (nSPS) is 12.0. The average Bonchev–Trinajstić information content (AvgIpc) is 3.01. The highest BCUT2D eigenvalue weighted by Crippen LogP contribution is 2.16. The lowest BCUT2D eigenvalue weighted by molar-refractivity contribution is -0.137. The van der Waals surface area contributed by atoms with Crippen molar-refractivity contribution in [3.8, 4) is 0 Å². The predicted octanol–water partition coefficient (Wildman–Crippen LogP) is -0.333. The van der Waals surface area contributed by atoms with Crippen molar-refractivity contribution in [1.29, 1.82) is 0 Å². The highest BCUT2D eigenvalue weighted by molar-refractivity contribution is 6.34. The fourth-order valence-electron chi connectivity index (χ4n) is 1.55. The van der Waals surface area contributed by atoms with Crippen LogP contribution in [-0.4, -0.2) is 28.1 Å². The first-order chi connectivity index (χ1) is 8.68. The highest BCUT2D eigenvalue weighted by Gasteiger charge is 2.19. The van der Waals surface area contributed by atoms with E-state index in [0.717, 1.165) is 0 Å². The van der Waals surface area contributed by atoms with Crippen LogP contribution in [0.1, 0.15) is 11.8 Å². The lowest BCUT2D eigenvalue weighted by atomic mass is 10.2. The van der Waals surface area contributed by atoms with Crippen LogP contribution in [0.4, 0.5) is 0 Å². The Morgan fingerprint density at radius 3 is 2.89 bits per heavy atom. The quantitative estimate of drug-likeness (QED) is 0.723. The second kappa shape index (κ2) is 5.17. The maximum atomic E-state index is 11.1. The van der Waals surface area contributed by atoms with Crippen LogP contribution in [0.5, 0.6) is 0 Å². The Balaban J connectivity index is 2.12. The van der Waals surface area contributed by atoms with E-state index in [0.29, 0.717) is 5.76 Å². The molecule has 0 fully saturated rings. The molecular weight excluding hydrogens is 236 g/mol. The SMILES string of the molecule is NC(=O)C(=O)NCC(c1ccco1)n1cccn1. The molecule has 0 saturated heterocycles. The van der Waals surface area contributed by atoms with Gasteiger partial charge >= 0.3 is 11.8 Å². The van der Waals surface area contributed by atoms with Gasteiger partial charge < -0.3 is 15.5 Å². The third kappa shape index (κ3) is 2.57. The molecule has 2 aromatic rings. The zero-order chi connectivity index (χ0) is 13.0. The Hall–Kier alpha value is -2.57. The number of carbonyl (C=O) groups is 2. The largest absolute Gasteiger partial charge is 0.467 e. The number of nitrogens with two attached hydrogens (primary N) is 1. The number of hydrogen-bond acceptors (Lipinski definition) is 4. The number of primary amides is 1. The smallest absolute Gasteiger partial charge is 0.309 e. The minimum absolute atomic E-state index is 0.164. The fourth-order valence-corrected chi connectivity index (χ4v) is 1.55. The molecule has 2 aromatic heterocycles. The van der Waals surface area contributed by atoms with Gasteiger partial charge in [-0.2, -0.15) is 5.10 Å². The lowest BCUT2D eigenvalue weighted by Crippen LogP contribution is -2.39. The molecule has 0 aliphatic heterocycles. The van der Waals surface area contributed by atoms with Crippen molar-refractivity contribution in [2.24, 2.45) is 5.73 Å². The van der Waals surface area contributed by atoms with Gasteiger partial charge in [0.2, 0.25) is 0 Å². The van der Waals surface area contributed by atoms with Crippen LogP contribution in [0.2, 0.25) is 0 Å². The van der Waals surface area contributed by atoms with E-state index in [4.69, 9.17) is 10.2 Å². The number of furan rings is 1. The van der Waals surface area contributed by atoms with Gasteiger partial charge in [0.05, 0.1) is 6.26 Å². The third-order valence-electron chi connectivity index (χ3n) is 2.40. The minimum Gasteiger partial charge on any atom is -0.467 e. The first-order valence-electron chi connectivity index (χ1n) is 5.28. The third-order valence-corrected chi connectivity index (χ3v) is 2.40. The molecular formula is C11H12N4O3. The van der Waals surface area contributed by atoms with E-state index >= 15 is 0 Å². The number of aromatic nitrogens is 2. The molecule has 2 amide bonds. The van der Waals surface area contributed by atoms with Gasteiger partial charge in [0.25, 0.3) is 0 Å². The number of nitrogens with zero attached hydrogens (tertiary/aromatic N) is 2. The molecule has 18 heavy (non-hydrogen) atoms. The summed E-state index contributed by atoms with van der Waals surface area (Å²) in [4.78, 5) is 21.8. The van der Waals surface area contributed by atoms with E-state index in [1.807, 2.05) is 0 Å². The van der Waals surface area contributed by atoms with Crippen molar-refractivity contribution in [3.05, 3.63) is 42.6 Å². The topological polar surface area (TPSA) is 103 Å². The molecule has 0 bridgehead atoms. The van der Waals surface area contributed by atoms with E-state index in [-0.39, 0.29) is 12.6 Å². The van der Waals surface area contributed by atoms with E-state index in [2.05, 4.69) is 10.4 Å². The van der Waals surface area contributed by atoms with E-state index in [1.54, 1.807) is 35.3 Å². The van der Waals surface area contributed by atoms with Crippen molar-refractivity contribution in [2.75, 3.05) is 6.54 Å². The molecule has 3 N–H and O–H groups in total. The molecule has 0 aromatic carbocycles. The summed E-state index contributed by atoms with van der Waals surface area (Å²) in [5.74, 6) is -1.23. The molecule has 0 saturated carbocycles. The molecule has 0 spiro atoms. The van der Waals surface area contributed by atoms with Crippen LogP contribution >= 0.6 is 0 Å². The van der Waals surface area contributed by atoms with Gasteiger partial charge in [0, 0.05) is 18.9 Å². The van der Waals surface area contributed by atoms with Gasteiger partial charge in [-0.25, -0.2) is 0 Å². The summed E-state index contributed by atoms with van der Waals surface area (Å²) in [6.45, 7) is 0.164. The molecule has 0 radical (unpaired) electrons. The Kier molecular flexibility index (Phi) is 3.42. The molecule has 7 heteroatoms. The lowest BCUT2D eigenvalue weighted by Gasteiger charge is -2.15. The van der Waals surface area contributed by atoms with Gasteiger partial charge in [-0.05, 0) is 18.2 Å². The average molecular weight is 248 g/mol. The van der Waals surface area contributed by atoms with Crippen molar-refractivity contribution < 1.29 is 14.0 Å². The molecule has 94 valence electrons. The monoisotopic (exact) mass is 248 g/mol. The summed E-state index contributed by atoms with van der Waals surface area (Å²) in [6.07, 6.45) is 4.89. The predicted molar refractivity (Wildman–Crippen MR) is 61.3 cm³/mol. The number of hydrogen-bond donors (Lipinski definition) is 2. The second-order valence-electron chi connectivity index (χ2n) is 3.59. The zero-order valence-corrected chi connectivity index (χ0v) is 9.45. The highest BCUT2D eigenvalue weighted by atomic mass is 16.3. The van der Waals surface area contributed by atoms with Crippen LogP contribution in [-0.2, 0) is 9.59 Å². The van der Waals surface area contributed by atoms with Gasteiger partial charge in [-0.1, -0.05) is 0 Å². The number of amides is 2. The Morgan fingerprint density at radius 1 is 1.50 bits per heavy atom. The summed E-state index contributed by atoms with van der Waals surface area (Å²) < 4.78 is 6.91. The summed E-state index contributed by atoms with van der Waals surface area (Å²) in [5, 5.41) is 6.51. The second-order valence-corrected chi connectivity index (χ2v) is 3.59. The molecule has 1 unspecified atom stereocenters. The number of rotatable bonds is 4. The molecule has 1 atom stereocenters. The Labute approximate surface area is 103 Å². The van der Waals surface area contributed by atoms with Crippen molar-refractivity contribution in [1.82, 2.24) is 15.1 Å². The van der Waals surface area contributed by atoms with Gasteiger partial charge in [0.1, 0.15) is 11.8 Å². The maximum absolute atomic E-state index is 11.1. The number of nitrogens with one attached hydrogen (secondary N) is 1. The summed E-state index contributed by atoms with van der Waals surface area (Å²) in [6, 6.07) is 4.94. The summed E-state index contributed by atoms with van der Waals surface area (Å²) in [5.41, 5.74) is 4.86. The van der Waals surface area contributed by atoms with Gasteiger partial charge in [-0.15, -0.1) is 0 Å². The Morgan fingerprint density at radius 2 is 2.33 bits per heavy atom. The molecule has 0 aliphatic rings. The van der Waals surface area contributed by atoms with Crippen molar-refractivity contribution >= 4 is 11.8 Å². The van der Waals surface area contributed by atoms with Gasteiger partial charge in [-0.3, -0.25) is 14.3 Å². The zero-order valence-electron chi connectivity index (χ0n) is 9.45. The van der Waals surface area contributed by atoms with E-state index in [9.17, 15) is 9.59 Å².